The molecule has 1 unspecified atom stereocenters. The van der Waals surface area contributed by atoms with Crippen LogP contribution < -0.4 is 0 Å². The summed E-state index contributed by atoms with van der Waals surface area (Å²) in [5, 5.41) is 0.461. The maximum atomic E-state index is 13.0. The van der Waals surface area contributed by atoms with Crippen molar-refractivity contribution in [1.82, 2.24) is 18.8 Å². The summed E-state index contributed by atoms with van der Waals surface area (Å²) in [6.45, 7) is 2.73. The minimum atomic E-state index is -3.57. The van der Waals surface area contributed by atoms with Crippen LogP contribution in [0.4, 0.5) is 0 Å². The number of benzene rings is 1. The van der Waals surface area contributed by atoms with E-state index in [9.17, 15) is 8.42 Å². The third kappa shape index (κ3) is 2.80. The van der Waals surface area contributed by atoms with Crippen LogP contribution in [0.1, 0.15) is 23.7 Å². The van der Waals surface area contributed by atoms with Gasteiger partial charge in [0.1, 0.15) is 11.3 Å². The molecule has 0 radical (unpaired) electrons. The molecule has 1 fully saturated rings. The lowest BCUT2D eigenvalue weighted by Gasteiger charge is -2.17. The number of aryl methyl sites for hydroxylation is 2. The molecule has 6 nitrogen and oxygen atoms in total. The third-order valence-corrected chi connectivity index (χ3v) is 7.23. The highest BCUT2D eigenvalue weighted by Gasteiger charge is 2.35. The number of imidazole rings is 1. The molecular formula is C18H19ClN4O2S. The summed E-state index contributed by atoms with van der Waals surface area (Å²) in [6, 6.07) is 8.65. The van der Waals surface area contributed by atoms with Gasteiger partial charge in [-0.3, -0.25) is 0 Å². The van der Waals surface area contributed by atoms with Crippen molar-refractivity contribution in [3.8, 4) is 0 Å². The zero-order valence-electron chi connectivity index (χ0n) is 14.6. The Morgan fingerprint density at radius 2 is 2.08 bits per heavy atom. The van der Waals surface area contributed by atoms with Gasteiger partial charge in [0.25, 0.3) is 0 Å². The van der Waals surface area contributed by atoms with E-state index in [1.165, 1.54) is 10.4 Å². The molecule has 136 valence electrons. The second kappa shape index (κ2) is 6.33. The lowest BCUT2D eigenvalue weighted by atomic mass is 10.1. The van der Waals surface area contributed by atoms with Crippen LogP contribution >= 0.6 is 11.6 Å². The number of sulfonamides is 1. The van der Waals surface area contributed by atoms with Gasteiger partial charge in [0.05, 0.1) is 4.90 Å². The maximum Gasteiger partial charge on any atom is 0.243 e. The minimum absolute atomic E-state index is 0.0462. The molecule has 1 aliphatic heterocycles. The molecule has 2 aromatic heterocycles. The highest BCUT2D eigenvalue weighted by Crippen LogP contribution is 2.32. The Morgan fingerprint density at radius 3 is 2.81 bits per heavy atom. The van der Waals surface area contributed by atoms with E-state index in [1.54, 1.807) is 18.3 Å². The van der Waals surface area contributed by atoms with Crippen molar-refractivity contribution in [3.05, 3.63) is 52.9 Å². The standard InChI is InChI=1S/C18H19ClN4O2S/c1-12-5-6-14(10-15(12)19)26(24,25)23-9-7-13(11-23)17-21-16-4-3-8-20-18(16)22(17)2/h3-6,8,10,13H,7,9,11H2,1-2H3. The number of hydrogen-bond donors (Lipinski definition) is 0. The molecule has 8 heteroatoms. The summed E-state index contributed by atoms with van der Waals surface area (Å²) in [5.74, 6) is 0.920. The van der Waals surface area contributed by atoms with Gasteiger partial charge in [-0.25, -0.2) is 18.4 Å². The molecule has 1 aliphatic rings. The van der Waals surface area contributed by atoms with Gasteiger partial charge in [-0.2, -0.15) is 4.31 Å². The van der Waals surface area contributed by atoms with Crippen molar-refractivity contribution in [1.29, 1.82) is 0 Å². The first-order valence-corrected chi connectivity index (χ1v) is 10.2. The van der Waals surface area contributed by atoms with Crippen LogP contribution in [-0.4, -0.2) is 40.3 Å². The van der Waals surface area contributed by atoms with Gasteiger partial charge >= 0.3 is 0 Å². The molecule has 3 heterocycles. The summed E-state index contributed by atoms with van der Waals surface area (Å²) in [7, 11) is -1.64. The van der Waals surface area contributed by atoms with Gasteiger partial charge < -0.3 is 4.57 Å². The molecule has 1 atom stereocenters. The molecule has 3 aromatic rings. The largest absolute Gasteiger partial charge is 0.316 e. The van der Waals surface area contributed by atoms with Crippen LogP contribution in [-0.2, 0) is 17.1 Å². The quantitative estimate of drug-likeness (QED) is 0.689. The van der Waals surface area contributed by atoms with E-state index in [0.717, 1.165) is 29.0 Å². The number of nitrogens with zero attached hydrogens (tertiary/aromatic N) is 4. The number of pyridine rings is 1. The van der Waals surface area contributed by atoms with E-state index >= 15 is 0 Å². The van der Waals surface area contributed by atoms with Crippen LogP contribution in [0.15, 0.2) is 41.4 Å². The molecule has 0 N–H and O–H groups in total. The second-order valence-corrected chi connectivity index (χ2v) is 8.98. The number of halogens is 1. The van der Waals surface area contributed by atoms with Gasteiger partial charge in [-0.1, -0.05) is 17.7 Å². The molecule has 0 amide bonds. The predicted octanol–water partition coefficient (Wildman–Crippen LogP) is 3.11. The highest BCUT2D eigenvalue weighted by molar-refractivity contribution is 7.89. The molecular weight excluding hydrogens is 372 g/mol. The Balaban J connectivity index is 1.63. The van der Waals surface area contributed by atoms with Crippen molar-refractivity contribution in [3.63, 3.8) is 0 Å². The number of hydrogen-bond acceptors (Lipinski definition) is 4. The number of rotatable bonds is 3. The van der Waals surface area contributed by atoms with Crippen molar-refractivity contribution in [2.24, 2.45) is 7.05 Å². The van der Waals surface area contributed by atoms with Crippen LogP contribution in [0.2, 0.25) is 5.02 Å². The van der Waals surface area contributed by atoms with E-state index in [-0.39, 0.29) is 10.8 Å². The normalized spacial score (nSPS) is 18.7. The van der Waals surface area contributed by atoms with Gasteiger partial charge in [0.15, 0.2) is 5.65 Å². The topological polar surface area (TPSA) is 68.1 Å². The molecule has 0 spiro atoms. The molecule has 0 bridgehead atoms. The Kier molecular flexibility index (Phi) is 4.25. The summed E-state index contributed by atoms with van der Waals surface area (Å²) in [5.41, 5.74) is 2.50. The first-order chi connectivity index (χ1) is 12.4. The Morgan fingerprint density at radius 1 is 1.27 bits per heavy atom. The molecule has 1 aromatic carbocycles. The van der Waals surface area contributed by atoms with Crippen LogP contribution in [0.5, 0.6) is 0 Å². The van der Waals surface area contributed by atoms with E-state index in [2.05, 4.69) is 9.97 Å². The molecule has 4 rings (SSSR count). The minimum Gasteiger partial charge on any atom is -0.316 e. The molecule has 26 heavy (non-hydrogen) atoms. The maximum absolute atomic E-state index is 13.0. The predicted molar refractivity (Wildman–Crippen MR) is 101 cm³/mol. The van der Waals surface area contributed by atoms with Gasteiger partial charge in [-0.15, -0.1) is 0 Å². The van der Waals surface area contributed by atoms with Crippen molar-refractivity contribution >= 4 is 32.8 Å². The molecule has 1 saturated heterocycles. The summed E-state index contributed by atoms with van der Waals surface area (Å²) in [4.78, 5) is 9.26. The Bertz CT molecular complexity index is 1090. The van der Waals surface area contributed by atoms with E-state index in [0.29, 0.717) is 18.1 Å². The smallest absolute Gasteiger partial charge is 0.243 e. The fourth-order valence-corrected chi connectivity index (χ4v) is 5.22. The van der Waals surface area contributed by atoms with E-state index < -0.39 is 10.0 Å². The molecule has 0 saturated carbocycles. The van der Waals surface area contributed by atoms with Gasteiger partial charge in [-0.05, 0) is 43.2 Å². The second-order valence-electron chi connectivity index (χ2n) is 6.63. The number of fused-ring (bicyclic) bond motifs is 1. The van der Waals surface area contributed by atoms with Gasteiger partial charge in [0.2, 0.25) is 10.0 Å². The lowest BCUT2D eigenvalue weighted by molar-refractivity contribution is 0.470. The zero-order valence-corrected chi connectivity index (χ0v) is 16.1. The van der Waals surface area contributed by atoms with E-state index in [1.807, 2.05) is 30.7 Å². The fraction of sp³-hybridized carbons (Fsp3) is 0.333. The first-order valence-electron chi connectivity index (χ1n) is 8.41. The number of aromatic nitrogens is 3. The van der Waals surface area contributed by atoms with Crippen LogP contribution in [0.3, 0.4) is 0 Å². The lowest BCUT2D eigenvalue weighted by Crippen LogP contribution is -2.29. The van der Waals surface area contributed by atoms with Crippen molar-refractivity contribution in [2.45, 2.75) is 24.2 Å². The average molecular weight is 391 g/mol. The first kappa shape index (κ1) is 17.5. The summed E-state index contributed by atoms with van der Waals surface area (Å²) >= 11 is 6.11. The van der Waals surface area contributed by atoms with Crippen molar-refractivity contribution < 1.29 is 8.42 Å². The van der Waals surface area contributed by atoms with E-state index in [4.69, 9.17) is 11.6 Å². The monoisotopic (exact) mass is 390 g/mol. The van der Waals surface area contributed by atoms with Crippen molar-refractivity contribution in [2.75, 3.05) is 13.1 Å². The molecule has 0 aliphatic carbocycles. The summed E-state index contributed by atoms with van der Waals surface area (Å²) in [6.07, 6.45) is 2.47. The third-order valence-electron chi connectivity index (χ3n) is 4.96. The van der Waals surface area contributed by atoms with Gasteiger partial charge in [0, 0.05) is 37.3 Å². The SMILES string of the molecule is Cc1ccc(S(=O)(=O)N2CCC(c3nc4cccnc4n3C)C2)cc1Cl. The fourth-order valence-electron chi connectivity index (χ4n) is 3.45. The Labute approximate surface area is 157 Å². The average Bonchev–Trinajstić information content (AvgIpc) is 3.23. The zero-order chi connectivity index (χ0) is 18.5. The highest BCUT2D eigenvalue weighted by atomic mass is 35.5. The van der Waals surface area contributed by atoms with Crippen LogP contribution in [0.25, 0.3) is 11.2 Å². The summed E-state index contributed by atoms with van der Waals surface area (Å²) < 4.78 is 29.4. The Hall–Kier alpha value is -1.96. The van der Waals surface area contributed by atoms with Crippen LogP contribution in [0, 0.1) is 6.92 Å².